The lowest BCUT2D eigenvalue weighted by molar-refractivity contribution is -0.871. The third-order valence-electron chi connectivity index (χ3n) is 8.26. The molecule has 0 amide bonds. The number of quaternary nitrogens is 2. The second kappa shape index (κ2) is 24.4. The van der Waals surface area contributed by atoms with E-state index >= 15 is 0 Å². The molecule has 0 rings (SSSR count). The lowest BCUT2D eigenvalue weighted by Crippen LogP contribution is -2.38. The molecular weight excluding hydrogens is 480 g/mol. The molecule has 0 aromatic heterocycles. The number of unbranched alkanes of at least 4 members (excludes halogenated alkanes) is 12. The Morgan fingerprint density at radius 2 is 0.769 bits per heavy atom. The van der Waals surface area contributed by atoms with Crippen molar-refractivity contribution in [2.24, 2.45) is 5.41 Å². The van der Waals surface area contributed by atoms with Gasteiger partial charge in [-0.15, -0.1) is 0 Å². The molecule has 0 unspecified atom stereocenters. The van der Waals surface area contributed by atoms with E-state index in [1.165, 1.54) is 142 Å². The summed E-state index contributed by atoms with van der Waals surface area (Å²) < 4.78 is 14.5. The van der Waals surface area contributed by atoms with Crippen molar-refractivity contribution in [1.82, 2.24) is 0 Å². The lowest BCUT2D eigenvalue weighted by Gasteiger charge is -2.36. The molecule has 236 valence electrons. The smallest absolute Gasteiger partial charge is 0.0780 e. The molecule has 0 aliphatic rings. The Hall–Kier alpha value is -0.160. The molecule has 0 bridgehead atoms. The third kappa shape index (κ3) is 27.8. The van der Waals surface area contributed by atoms with E-state index < -0.39 is 0 Å². The van der Waals surface area contributed by atoms with Crippen LogP contribution < -0.4 is 0 Å². The number of ether oxygens (including phenoxy) is 2. The Morgan fingerprint density at radius 1 is 0.410 bits per heavy atom. The summed E-state index contributed by atoms with van der Waals surface area (Å²) in [5, 5.41) is 0. The van der Waals surface area contributed by atoms with Gasteiger partial charge in [-0.3, -0.25) is 0 Å². The van der Waals surface area contributed by atoms with Gasteiger partial charge in [0.2, 0.25) is 0 Å². The van der Waals surface area contributed by atoms with Crippen molar-refractivity contribution < 1.29 is 18.4 Å². The average molecular weight is 557 g/mol. The number of hydrogen-bond donors (Lipinski definition) is 0. The summed E-state index contributed by atoms with van der Waals surface area (Å²) in [5.74, 6) is 0. The summed E-state index contributed by atoms with van der Waals surface area (Å²) >= 11 is 0. The van der Waals surface area contributed by atoms with Crippen LogP contribution in [0, 0.1) is 5.41 Å². The van der Waals surface area contributed by atoms with Gasteiger partial charge in [0.05, 0.1) is 62.0 Å². The van der Waals surface area contributed by atoms with Crippen LogP contribution in [-0.4, -0.2) is 90.8 Å². The average Bonchev–Trinajstić information content (AvgIpc) is 2.84. The third-order valence-corrected chi connectivity index (χ3v) is 8.26. The zero-order chi connectivity index (χ0) is 29.3. The monoisotopic (exact) mass is 557 g/mol. The highest BCUT2D eigenvalue weighted by atomic mass is 16.5. The van der Waals surface area contributed by atoms with Crippen LogP contribution in [-0.2, 0) is 9.47 Å². The van der Waals surface area contributed by atoms with Crippen LogP contribution in [0.4, 0.5) is 0 Å². The number of hydrogen-bond acceptors (Lipinski definition) is 2. The van der Waals surface area contributed by atoms with Gasteiger partial charge >= 0.3 is 0 Å². The Kier molecular flexibility index (Phi) is 24.3. The van der Waals surface area contributed by atoms with Crippen LogP contribution in [0.3, 0.4) is 0 Å². The predicted molar refractivity (Wildman–Crippen MR) is 174 cm³/mol. The second-order valence-corrected chi connectivity index (χ2v) is 14.7. The minimum atomic E-state index is 0.348. The summed E-state index contributed by atoms with van der Waals surface area (Å²) in [5.41, 5.74) is 0.348. The van der Waals surface area contributed by atoms with Crippen molar-refractivity contribution >= 4 is 0 Å². The molecule has 39 heavy (non-hydrogen) atoms. The fourth-order valence-electron chi connectivity index (χ4n) is 5.69. The molecule has 0 atom stereocenters. The van der Waals surface area contributed by atoms with Crippen molar-refractivity contribution in [3.05, 3.63) is 0 Å². The van der Waals surface area contributed by atoms with E-state index in [0.717, 1.165) is 35.4 Å². The lowest BCUT2D eigenvalue weighted by atomic mass is 9.75. The molecule has 0 aromatic carbocycles. The van der Waals surface area contributed by atoms with Gasteiger partial charge in [0, 0.05) is 19.8 Å². The molecule has 0 aliphatic heterocycles. The summed E-state index contributed by atoms with van der Waals surface area (Å²) in [7, 11) is 14.0. The van der Waals surface area contributed by atoms with Crippen LogP contribution in [0.5, 0.6) is 0 Å². The molecule has 4 heteroatoms. The highest BCUT2D eigenvalue weighted by molar-refractivity contribution is 4.80. The van der Waals surface area contributed by atoms with Crippen LogP contribution in [0.2, 0.25) is 0 Å². The van der Waals surface area contributed by atoms with Crippen LogP contribution in [0.1, 0.15) is 142 Å². The van der Waals surface area contributed by atoms with Crippen molar-refractivity contribution in [3.63, 3.8) is 0 Å². The van der Waals surface area contributed by atoms with E-state index in [-0.39, 0.29) is 0 Å². The Labute approximate surface area is 247 Å². The van der Waals surface area contributed by atoms with E-state index in [0.29, 0.717) is 5.41 Å². The first-order valence-electron chi connectivity index (χ1n) is 17.3. The second-order valence-electron chi connectivity index (χ2n) is 14.7. The highest BCUT2D eigenvalue weighted by Gasteiger charge is 2.31. The minimum Gasteiger partial charge on any atom is -0.381 e. The predicted octanol–water partition coefficient (Wildman–Crippen LogP) is 9.26. The van der Waals surface area contributed by atoms with Crippen molar-refractivity contribution in [3.8, 4) is 0 Å². The zero-order valence-electron chi connectivity index (χ0n) is 28.6. The normalized spacial score (nSPS) is 12.9. The molecular formula is C35H76N2O2+2. The molecule has 0 aliphatic carbocycles. The highest BCUT2D eigenvalue weighted by Crippen LogP contribution is 2.37. The van der Waals surface area contributed by atoms with Gasteiger partial charge < -0.3 is 18.4 Å². The van der Waals surface area contributed by atoms with Gasteiger partial charge in [-0.05, 0) is 56.8 Å². The maximum atomic E-state index is 6.52. The van der Waals surface area contributed by atoms with Crippen LogP contribution >= 0.6 is 0 Å². The zero-order valence-corrected chi connectivity index (χ0v) is 28.6. The Balaban J connectivity index is 4.77. The summed E-state index contributed by atoms with van der Waals surface area (Å²) in [6.07, 6.45) is 26.5. The van der Waals surface area contributed by atoms with Gasteiger partial charge in [-0.25, -0.2) is 0 Å². The molecule has 0 saturated heterocycles. The van der Waals surface area contributed by atoms with Gasteiger partial charge in [-0.2, -0.15) is 0 Å². The van der Waals surface area contributed by atoms with E-state index in [1.54, 1.807) is 0 Å². The molecule has 0 spiro atoms. The van der Waals surface area contributed by atoms with Gasteiger partial charge in [0.1, 0.15) is 0 Å². The molecule has 0 N–H and O–H groups in total. The van der Waals surface area contributed by atoms with Crippen LogP contribution in [0.15, 0.2) is 0 Å². The van der Waals surface area contributed by atoms with E-state index in [9.17, 15) is 0 Å². The molecule has 0 radical (unpaired) electrons. The first-order valence-corrected chi connectivity index (χ1v) is 17.3. The van der Waals surface area contributed by atoms with Gasteiger partial charge in [0.15, 0.2) is 0 Å². The first kappa shape index (κ1) is 38.8. The maximum absolute atomic E-state index is 6.52. The summed E-state index contributed by atoms with van der Waals surface area (Å²) in [4.78, 5) is 0. The fraction of sp³-hybridized carbons (Fsp3) is 1.00. The Bertz CT molecular complexity index is 464. The molecule has 0 fully saturated rings. The topological polar surface area (TPSA) is 18.5 Å². The largest absolute Gasteiger partial charge is 0.381 e. The van der Waals surface area contributed by atoms with E-state index in [4.69, 9.17) is 9.47 Å². The number of rotatable bonds is 30. The van der Waals surface area contributed by atoms with Crippen molar-refractivity contribution in [1.29, 1.82) is 0 Å². The first-order chi connectivity index (χ1) is 18.5. The molecule has 0 aromatic rings. The molecule has 0 saturated carbocycles. The molecule has 0 heterocycles. The minimum absolute atomic E-state index is 0.348. The van der Waals surface area contributed by atoms with E-state index in [1.807, 2.05) is 0 Å². The van der Waals surface area contributed by atoms with Crippen molar-refractivity contribution in [2.45, 2.75) is 142 Å². The van der Waals surface area contributed by atoms with Crippen molar-refractivity contribution in [2.75, 3.05) is 81.8 Å². The SMILES string of the molecule is CCCCCCCCCCOCC(CCCCCCOCCCCC)(CCC[N+](C)(C)C)CCC[N+](C)(C)C. The van der Waals surface area contributed by atoms with E-state index in [2.05, 4.69) is 56.1 Å². The maximum Gasteiger partial charge on any atom is 0.0780 e. The molecule has 4 nitrogen and oxygen atoms in total. The van der Waals surface area contributed by atoms with Gasteiger partial charge in [-0.1, -0.05) is 90.9 Å². The summed E-state index contributed by atoms with van der Waals surface area (Å²) in [6, 6.07) is 0. The standard InChI is InChI=1S/C35H76N2O2/c1-9-11-13-14-15-16-18-23-33-39-34-35(27-24-29-36(3,4)5,28-25-30-37(6,7)8)26-20-17-19-22-32-38-31-21-12-10-2/h9-34H2,1-8H3/q+2. The number of nitrogens with zero attached hydrogens (tertiary/aromatic N) is 2. The quantitative estimate of drug-likeness (QED) is 0.0648. The van der Waals surface area contributed by atoms with Gasteiger partial charge in [0.25, 0.3) is 0 Å². The fourth-order valence-corrected chi connectivity index (χ4v) is 5.69. The summed E-state index contributed by atoms with van der Waals surface area (Å²) in [6.45, 7) is 10.9. The Morgan fingerprint density at radius 3 is 1.26 bits per heavy atom. The van der Waals surface area contributed by atoms with Crippen LogP contribution in [0.25, 0.3) is 0 Å².